The Labute approximate surface area is 119 Å². The lowest BCUT2D eigenvalue weighted by Gasteiger charge is -2.36. The molecule has 5 nitrogen and oxygen atoms in total. The summed E-state index contributed by atoms with van der Waals surface area (Å²) in [6, 6.07) is 7.02. The fraction of sp³-hybridized carbons (Fsp3) is 0.500. The molecule has 2 aliphatic rings. The Morgan fingerprint density at radius 2 is 2.05 bits per heavy atom. The second kappa shape index (κ2) is 4.86. The Kier molecular flexibility index (Phi) is 3.30. The summed E-state index contributed by atoms with van der Waals surface area (Å²) in [7, 11) is -3.45. The zero-order valence-corrected chi connectivity index (χ0v) is 12.3. The van der Waals surface area contributed by atoms with Gasteiger partial charge in [-0.2, -0.15) is 4.31 Å². The van der Waals surface area contributed by atoms with Crippen molar-refractivity contribution in [2.45, 2.75) is 30.7 Å². The normalized spacial score (nSPS) is 23.9. The molecule has 2 fully saturated rings. The third kappa shape index (κ3) is 2.23. The maximum absolute atomic E-state index is 12.6. The lowest BCUT2D eigenvalue weighted by Crippen LogP contribution is -2.53. The molecule has 0 saturated carbocycles. The van der Waals surface area contributed by atoms with Gasteiger partial charge in [-0.15, -0.1) is 0 Å². The highest BCUT2D eigenvalue weighted by Gasteiger charge is 2.39. The molecule has 1 aromatic carbocycles. The van der Waals surface area contributed by atoms with Crippen LogP contribution in [-0.2, 0) is 14.8 Å². The van der Waals surface area contributed by atoms with Crippen molar-refractivity contribution in [2.24, 2.45) is 0 Å². The van der Waals surface area contributed by atoms with E-state index < -0.39 is 10.0 Å². The molecule has 1 atom stereocenters. The maximum atomic E-state index is 12.6. The summed E-state index contributed by atoms with van der Waals surface area (Å²) < 4.78 is 26.8. The molecule has 1 unspecified atom stereocenters. The van der Waals surface area contributed by atoms with Crippen LogP contribution in [0.4, 0.5) is 0 Å². The van der Waals surface area contributed by atoms with Crippen molar-refractivity contribution < 1.29 is 13.2 Å². The average molecular weight is 294 g/mol. The first-order chi connectivity index (χ1) is 9.48. The standard InChI is InChI=1S/C14H18N2O3S/c1-11-3-2-4-13(9-11)20(18,19)15-7-8-16-12(10-15)5-6-14(16)17/h2-4,9,12H,5-8,10H2,1H3. The topological polar surface area (TPSA) is 57.7 Å². The Balaban J connectivity index is 1.84. The highest BCUT2D eigenvalue weighted by atomic mass is 32.2. The number of amides is 1. The smallest absolute Gasteiger partial charge is 0.243 e. The van der Waals surface area contributed by atoms with Crippen molar-refractivity contribution in [3.05, 3.63) is 29.8 Å². The number of benzene rings is 1. The first-order valence-corrected chi connectivity index (χ1v) is 8.29. The number of hydrogen-bond donors (Lipinski definition) is 0. The molecule has 0 aromatic heterocycles. The molecule has 2 saturated heterocycles. The van der Waals surface area contributed by atoms with Crippen molar-refractivity contribution in [2.75, 3.05) is 19.6 Å². The van der Waals surface area contributed by atoms with Crippen molar-refractivity contribution >= 4 is 15.9 Å². The Bertz CT molecular complexity index is 642. The van der Waals surface area contributed by atoms with E-state index in [4.69, 9.17) is 0 Å². The summed E-state index contributed by atoms with van der Waals surface area (Å²) in [5.41, 5.74) is 0.931. The number of aryl methyl sites for hydroxylation is 1. The molecule has 2 aliphatic heterocycles. The van der Waals surface area contributed by atoms with Crippen LogP contribution in [0.15, 0.2) is 29.2 Å². The van der Waals surface area contributed by atoms with Crippen molar-refractivity contribution in [3.63, 3.8) is 0 Å². The predicted octanol–water partition coefficient (Wildman–Crippen LogP) is 0.990. The van der Waals surface area contributed by atoms with Crippen LogP contribution in [0.3, 0.4) is 0 Å². The molecule has 0 spiro atoms. The van der Waals surface area contributed by atoms with E-state index in [1.807, 2.05) is 17.9 Å². The third-order valence-electron chi connectivity index (χ3n) is 4.08. The monoisotopic (exact) mass is 294 g/mol. The van der Waals surface area contributed by atoms with Crippen LogP contribution in [0.25, 0.3) is 0 Å². The summed E-state index contributed by atoms with van der Waals surface area (Å²) in [6.45, 7) is 3.20. The number of hydrogen-bond acceptors (Lipinski definition) is 3. The lowest BCUT2D eigenvalue weighted by atomic mass is 10.2. The highest BCUT2D eigenvalue weighted by molar-refractivity contribution is 7.89. The van der Waals surface area contributed by atoms with E-state index in [9.17, 15) is 13.2 Å². The van der Waals surface area contributed by atoms with Crippen LogP contribution in [0.5, 0.6) is 0 Å². The van der Waals surface area contributed by atoms with E-state index in [0.717, 1.165) is 12.0 Å². The molecule has 1 amide bonds. The molecule has 6 heteroatoms. The van der Waals surface area contributed by atoms with Crippen LogP contribution in [0.1, 0.15) is 18.4 Å². The molecule has 20 heavy (non-hydrogen) atoms. The third-order valence-corrected chi connectivity index (χ3v) is 5.95. The average Bonchev–Trinajstić information content (AvgIpc) is 2.80. The van der Waals surface area contributed by atoms with Gasteiger partial charge in [0.05, 0.1) is 4.90 Å². The van der Waals surface area contributed by atoms with Gasteiger partial charge in [0.1, 0.15) is 0 Å². The molecular formula is C14H18N2O3S. The minimum atomic E-state index is -3.45. The van der Waals surface area contributed by atoms with E-state index >= 15 is 0 Å². The van der Waals surface area contributed by atoms with Crippen LogP contribution in [0.2, 0.25) is 0 Å². The van der Waals surface area contributed by atoms with E-state index in [1.165, 1.54) is 4.31 Å². The fourth-order valence-corrected chi connectivity index (χ4v) is 4.55. The first kappa shape index (κ1) is 13.6. The fourth-order valence-electron chi connectivity index (χ4n) is 2.98. The minimum Gasteiger partial charge on any atom is -0.337 e. The molecule has 3 rings (SSSR count). The van der Waals surface area contributed by atoms with Crippen molar-refractivity contribution in [1.29, 1.82) is 0 Å². The molecule has 2 heterocycles. The van der Waals surface area contributed by atoms with Crippen LogP contribution >= 0.6 is 0 Å². The lowest BCUT2D eigenvalue weighted by molar-refractivity contribution is -0.130. The number of carbonyl (C=O) groups is 1. The molecule has 0 bridgehead atoms. The van der Waals surface area contributed by atoms with E-state index in [2.05, 4.69) is 0 Å². The maximum Gasteiger partial charge on any atom is 0.243 e. The quantitative estimate of drug-likeness (QED) is 0.817. The molecule has 0 aliphatic carbocycles. The van der Waals surface area contributed by atoms with Gasteiger partial charge in [0.15, 0.2) is 0 Å². The van der Waals surface area contributed by atoms with Crippen LogP contribution in [0, 0.1) is 6.92 Å². The summed E-state index contributed by atoms with van der Waals surface area (Å²) in [5.74, 6) is 0.155. The predicted molar refractivity (Wildman–Crippen MR) is 74.7 cm³/mol. The Morgan fingerprint density at radius 3 is 2.80 bits per heavy atom. The van der Waals surface area contributed by atoms with Crippen molar-refractivity contribution in [3.8, 4) is 0 Å². The largest absolute Gasteiger partial charge is 0.337 e. The van der Waals surface area contributed by atoms with E-state index in [0.29, 0.717) is 31.0 Å². The molecule has 108 valence electrons. The molecule has 1 aromatic rings. The minimum absolute atomic E-state index is 0.0517. The molecule has 0 N–H and O–H groups in total. The Hall–Kier alpha value is -1.40. The second-order valence-corrected chi connectivity index (χ2v) is 7.40. The SMILES string of the molecule is Cc1cccc(S(=O)(=O)N2CCN3C(=O)CCC3C2)c1. The van der Waals surface area contributed by atoms with Gasteiger partial charge in [0.25, 0.3) is 0 Å². The van der Waals surface area contributed by atoms with E-state index in [-0.39, 0.29) is 11.9 Å². The second-order valence-electron chi connectivity index (χ2n) is 5.46. The Morgan fingerprint density at radius 1 is 1.25 bits per heavy atom. The van der Waals surface area contributed by atoms with Crippen molar-refractivity contribution in [1.82, 2.24) is 9.21 Å². The number of nitrogens with zero attached hydrogens (tertiary/aromatic N) is 2. The van der Waals surface area contributed by atoms with Gasteiger partial charge in [-0.05, 0) is 31.0 Å². The molecule has 0 radical (unpaired) electrons. The number of sulfonamides is 1. The van der Waals surface area contributed by atoms with Gasteiger partial charge in [-0.1, -0.05) is 12.1 Å². The van der Waals surface area contributed by atoms with Crippen LogP contribution < -0.4 is 0 Å². The van der Waals surface area contributed by atoms with Gasteiger partial charge in [0, 0.05) is 32.1 Å². The number of rotatable bonds is 2. The van der Waals surface area contributed by atoms with Gasteiger partial charge < -0.3 is 4.90 Å². The van der Waals surface area contributed by atoms with E-state index in [1.54, 1.807) is 18.2 Å². The van der Waals surface area contributed by atoms with Crippen LogP contribution in [-0.4, -0.2) is 49.2 Å². The highest BCUT2D eigenvalue weighted by Crippen LogP contribution is 2.26. The number of fused-ring (bicyclic) bond motifs is 1. The van der Waals surface area contributed by atoms with Gasteiger partial charge in [0.2, 0.25) is 15.9 Å². The summed E-state index contributed by atoms with van der Waals surface area (Å²) >= 11 is 0. The summed E-state index contributed by atoms with van der Waals surface area (Å²) in [5, 5.41) is 0. The number of piperazine rings is 1. The number of carbonyl (C=O) groups excluding carboxylic acids is 1. The first-order valence-electron chi connectivity index (χ1n) is 6.85. The van der Waals surface area contributed by atoms with Gasteiger partial charge in [-0.25, -0.2) is 8.42 Å². The zero-order valence-electron chi connectivity index (χ0n) is 11.4. The summed E-state index contributed by atoms with van der Waals surface area (Å²) in [6.07, 6.45) is 1.31. The van der Waals surface area contributed by atoms with Gasteiger partial charge >= 0.3 is 0 Å². The van der Waals surface area contributed by atoms with Gasteiger partial charge in [-0.3, -0.25) is 4.79 Å². The molecular weight excluding hydrogens is 276 g/mol. The summed E-state index contributed by atoms with van der Waals surface area (Å²) in [4.78, 5) is 13.8. The zero-order chi connectivity index (χ0) is 14.3.